The van der Waals surface area contributed by atoms with Crippen LogP contribution >= 0.6 is 0 Å². The van der Waals surface area contributed by atoms with Gasteiger partial charge in [-0.1, -0.05) is 19.1 Å². The third kappa shape index (κ3) is 1.97. The van der Waals surface area contributed by atoms with Crippen molar-refractivity contribution in [2.24, 2.45) is 0 Å². The average molecular weight is 166 g/mol. The predicted octanol–water partition coefficient (Wildman–Crippen LogP) is 2.22. The zero-order valence-electron chi connectivity index (χ0n) is 7.59. The lowest BCUT2D eigenvalue weighted by molar-refractivity contribution is -0.136. The fourth-order valence-corrected chi connectivity index (χ4v) is 1.15. The summed E-state index contributed by atoms with van der Waals surface area (Å²) in [5.74, 6) is -0.145. The van der Waals surface area contributed by atoms with Crippen molar-refractivity contribution in [2.75, 3.05) is 6.61 Å². The molecule has 0 aromatic heterocycles. The lowest BCUT2D eigenvalue weighted by Gasteiger charge is -1.93. The molecule has 1 aliphatic rings. The van der Waals surface area contributed by atoms with Crippen LogP contribution in [0.5, 0.6) is 0 Å². The summed E-state index contributed by atoms with van der Waals surface area (Å²) >= 11 is 0. The molecule has 0 aliphatic carbocycles. The van der Waals surface area contributed by atoms with Crippen LogP contribution in [0, 0.1) is 0 Å². The molecule has 0 aromatic rings. The van der Waals surface area contributed by atoms with Crippen LogP contribution in [0.2, 0.25) is 0 Å². The van der Waals surface area contributed by atoms with Crippen molar-refractivity contribution in [3.8, 4) is 0 Å². The summed E-state index contributed by atoms with van der Waals surface area (Å²) in [6, 6.07) is 0. The lowest BCUT2D eigenvalue weighted by Crippen LogP contribution is -1.97. The van der Waals surface area contributed by atoms with Gasteiger partial charge in [-0.25, -0.2) is 4.79 Å². The van der Waals surface area contributed by atoms with E-state index in [1.165, 1.54) is 0 Å². The number of carbonyl (C=O) groups is 1. The van der Waals surface area contributed by atoms with E-state index in [1.807, 2.05) is 13.0 Å². The van der Waals surface area contributed by atoms with Crippen LogP contribution in [0.25, 0.3) is 0 Å². The van der Waals surface area contributed by atoms with E-state index in [0.717, 1.165) is 24.0 Å². The molecule has 1 heterocycles. The molecule has 1 aliphatic heterocycles. The molecular formula is C10H14O2. The zero-order chi connectivity index (χ0) is 8.97. The maximum Gasteiger partial charge on any atom is 0.334 e. The molecule has 0 aromatic carbocycles. The Labute approximate surface area is 72.9 Å². The Bertz CT molecular complexity index is 236. The zero-order valence-corrected chi connectivity index (χ0v) is 7.59. The molecule has 0 N–H and O–H groups in total. The summed E-state index contributed by atoms with van der Waals surface area (Å²) in [5.41, 5.74) is 1.90. The van der Waals surface area contributed by atoms with Gasteiger partial charge in [-0.05, 0) is 25.3 Å². The Morgan fingerprint density at radius 3 is 2.75 bits per heavy atom. The van der Waals surface area contributed by atoms with Crippen LogP contribution in [-0.2, 0) is 9.53 Å². The van der Waals surface area contributed by atoms with Gasteiger partial charge < -0.3 is 4.74 Å². The summed E-state index contributed by atoms with van der Waals surface area (Å²) in [4.78, 5) is 11.1. The molecule has 12 heavy (non-hydrogen) atoms. The Hall–Kier alpha value is -1.05. The van der Waals surface area contributed by atoms with E-state index in [2.05, 4.69) is 13.0 Å². The molecule has 66 valence electrons. The van der Waals surface area contributed by atoms with E-state index in [0.29, 0.717) is 6.61 Å². The van der Waals surface area contributed by atoms with Crippen molar-refractivity contribution in [2.45, 2.75) is 26.7 Å². The summed E-state index contributed by atoms with van der Waals surface area (Å²) in [5, 5.41) is 0. The molecule has 0 unspecified atom stereocenters. The molecule has 0 bridgehead atoms. The number of esters is 1. The van der Waals surface area contributed by atoms with Gasteiger partial charge in [0.2, 0.25) is 0 Å². The molecule has 0 amide bonds. The second kappa shape index (κ2) is 4.10. The number of cyclic esters (lactones) is 1. The molecule has 2 heteroatoms. The second-order valence-electron chi connectivity index (χ2n) is 2.92. The van der Waals surface area contributed by atoms with Crippen LogP contribution in [0.4, 0.5) is 0 Å². The molecule has 0 saturated carbocycles. The average Bonchev–Trinajstić information content (AvgIpc) is 2.35. The number of ether oxygens (including phenoxy) is 1. The first-order valence-electron chi connectivity index (χ1n) is 4.26. The highest BCUT2D eigenvalue weighted by Crippen LogP contribution is 2.18. The van der Waals surface area contributed by atoms with E-state index in [4.69, 9.17) is 4.74 Å². The molecule has 0 saturated heterocycles. The van der Waals surface area contributed by atoms with E-state index in [9.17, 15) is 4.79 Å². The first-order chi connectivity index (χ1) is 5.75. The van der Waals surface area contributed by atoms with Gasteiger partial charge in [0.25, 0.3) is 0 Å². The quantitative estimate of drug-likeness (QED) is 0.474. The van der Waals surface area contributed by atoms with E-state index in [1.54, 1.807) is 0 Å². The molecule has 0 fully saturated rings. The molecule has 0 spiro atoms. The Balaban J connectivity index is 2.55. The van der Waals surface area contributed by atoms with Crippen molar-refractivity contribution in [3.63, 3.8) is 0 Å². The Kier molecular flexibility index (Phi) is 3.09. The van der Waals surface area contributed by atoms with Gasteiger partial charge in [0.15, 0.2) is 0 Å². The lowest BCUT2D eigenvalue weighted by atomic mass is 10.1. The van der Waals surface area contributed by atoms with Crippen molar-refractivity contribution >= 4 is 5.97 Å². The van der Waals surface area contributed by atoms with Crippen molar-refractivity contribution in [1.29, 1.82) is 0 Å². The number of carbonyl (C=O) groups excluding carboxylic acids is 1. The van der Waals surface area contributed by atoms with Gasteiger partial charge >= 0.3 is 5.97 Å². The monoisotopic (exact) mass is 166 g/mol. The number of rotatable bonds is 3. The first kappa shape index (κ1) is 9.04. The van der Waals surface area contributed by atoms with Crippen LogP contribution in [0.1, 0.15) is 26.7 Å². The fourth-order valence-electron chi connectivity index (χ4n) is 1.15. The van der Waals surface area contributed by atoms with Crippen LogP contribution < -0.4 is 0 Å². The molecule has 1 rings (SSSR count). The molecule has 2 nitrogen and oxygen atoms in total. The SMILES string of the molecule is CC/C=C/CC1=C(C)COC1=O. The number of hydrogen-bond acceptors (Lipinski definition) is 2. The summed E-state index contributed by atoms with van der Waals surface area (Å²) < 4.78 is 4.86. The van der Waals surface area contributed by atoms with Crippen LogP contribution in [-0.4, -0.2) is 12.6 Å². The standard InChI is InChI=1S/C10H14O2/c1-3-4-5-6-9-8(2)7-12-10(9)11/h4-5H,3,6-7H2,1-2H3/b5-4+. The highest BCUT2D eigenvalue weighted by atomic mass is 16.5. The highest BCUT2D eigenvalue weighted by Gasteiger charge is 2.19. The van der Waals surface area contributed by atoms with Crippen LogP contribution in [0.3, 0.4) is 0 Å². The number of hydrogen-bond donors (Lipinski definition) is 0. The predicted molar refractivity (Wildman–Crippen MR) is 47.7 cm³/mol. The molecular weight excluding hydrogens is 152 g/mol. The van der Waals surface area contributed by atoms with E-state index in [-0.39, 0.29) is 5.97 Å². The van der Waals surface area contributed by atoms with Gasteiger partial charge in [0, 0.05) is 5.57 Å². The summed E-state index contributed by atoms with van der Waals surface area (Å²) in [6.45, 7) is 4.50. The van der Waals surface area contributed by atoms with Crippen molar-refractivity contribution in [3.05, 3.63) is 23.3 Å². The van der Waals surface area contributed by atoms with Gasteiger partial charge in [0.1, 0.15) is 6.61 Å². The van der Waals surface area contributed by atoms with E-state index < -0.39 is 0 Å². The van der Waals surface area contributed by atoms with Crippen molar-refractivity contribution in [1.82, 2.24) is 0 Å². The fraction of sp³-hybridized carbons (Fsp3) is 0.500. The minimum absolute atomic E-state index is 0.145. The maximum absolute atomic E-state index is 11.1. The Morgan fingerprint density at radius 2 is 2.25 bits per heavy atom. The minimum Gasteiger partial charge on any atom is -0.458 e. The number of allylic oxidation sites excluding steroid dienone is 2. The highest BCUT2D eigenvalue weighted by molar-refractivity contribution is 5.91. The van der Waals surface area contributed by atoms with Crippen LogP contribution in [0.15, 0.2) is 23.3 Å². The third-order valence-corrected chi connectivity index (χ3v) is 1.91. The summed E-state index contributed by atoms with van der Waals surface area (Å²) in [6.07, 6.45) is 5.82. The van der Waals surface area contributed by atoms with Gasteiger partial charge in [0.05, 0.1) is 0 Å². The van der Waals surface area contributed by atoms with Gasteiger partial charge in [-0.2, -0.15) is 0 Å². The topological polar surface area (TPSA) is 26.3 Å². The molecule has 0 radical (unpaired) electrons. The normalized spacial score (nSPS) is 17.7. The molecule has 0 atom stereocenters. The largest absolute Gasteiger partial charge is 0.458 e. The second-order valence-corrected chi connectivity index (χ2v) is 2.92. The first-order valence-corrected chi connectivity index (χ1v) is 4.26. The van der Waals surface area contributed by atoms with Gasteiger partial charge in [-0.3, -0.25) is 0 Å². The Morgan fingerprint density at radius 1 is 1.50 bits per heavy atom. The maximum atomic E-state index is 11.1. The summed E-state index contributed by atoms with van der Waals surface area (Å²) in [7, 11) is 0. The third-order valence-electron chi connectivity index (χ3n) is 1.91. The van der Waals surface area contributed by atoms with E-state index >= 15 is 0 Å². The smallest absolute Gasteiger partial charge is 0.334 e. The minimum atomic E-state index is -0.145. The van der Waals surface area contributed by atoms with Gasteiger partial charge in [-0.15, -0.1) is 0 Å². The van der Waals surface area contributed by atoms with Crippen molar-refractivity contribution < 1.29 is 9.53 Å².